The highest BCUT2D eigenvalue weighted by Gasteiger charge is 2.25. The van der Waals surface area contributed by atoms with Crippen LogP contribution >= 0.6 is 11.8 Å². The Hall–Kier alpha value is -0.900. The first kappa shape index (κ1) is 19.1. The van der Waals surface area contributed by atoms with Gasteiger partial charge in [0.05, 0.1) is 7.11 Å². The van der Waals surface area contributed by atoms with Gasteiger partial charge >= 0.3 is 5.97 Å². The van der Waals surface area contributed by atoms with Crippen molar-refractivity contribution in [3.8, 4) is 0 Å². The number of carbonyl (C=O) groups excluding carboxylic acids is 1. The molecule has 0 aliphatic heterocycles. The lowest BCUT2D eigenvalue weighted by Gasteiger charge is -2.33. The molecule has 0 saturated carbocycles. The molecule has 0 fully saturated rings. The molecule has 1 atom stereocenters. The predicted octanol–water partition coefficient (Wildman–Crippen LogP) is 3.86. The van der Waals surface area contributed by atoms with Crippen LogP contribution in [0.4, 0.5) is 0 Å². The van der Waals surface area contributed by atoms with Crippen molar-refractivity contribution in [2.75, 3.05) is 20.4 Å². The van der Waals surface area contributed by atoms with Crippen LogP contribution in [0.2, 0.25) is 0 Å². The number of carbonyl (C=O) groups is 1. The zero-order valence-electron chi connectivity index (χ0n) is 13.9. The largest absolute Gasteiger partial charge is 0.464 e. The molecule has 3 nitrogen and oxygen atoms in total. The highest BCUT2D eigenvalue weighted by molar-refractivity contribution is 7.99. The van der Waals surface area contributed by atoms with Gasteiger partial charge in [-0.2, -0.15) is 11.8 Å². The van der Waals surface area contributed by atoms with E-state index >= 15 is 0 Å². The third kappa shape index (κ3) is 6.04. The summed E-state index contributed by atoms with van der Waals surface area (Å²) in [7, 11) is 3.35. The number of nitrogens with zero attached hydrogens (tertiary/aromatic N) is 1. The highest BCUT2D eigenvalue weighted by Crippen LogP contribution is 2.29. The average Bonchev–Trinajstić information content (AvgIpc) is 2.42. The quantitative estimate of drug-likeness (QED) is 0.387. The van der Waals surface area contributed by atoms with Crippen molar-refractivity contribution in [2.24, 2.45) is 0 Å². The van der Waals surface area contributed by atoms with E-state index in [4.69, 9.17) is 4.74 Å². The van der Waals surface area contributed by atoms with Crippen LogP contribution in [0.5, 0.6) is 0 Å². The maximum atomic E-state index is 12.0. The first-order chi connectivity index (χ1) is 9.18. The number of hydrogen-bond acceptors (Lipinski definition) is 4. The summed E-state index contributed by atoms with van der Waals surface area (Å²) in [5, 5.41) is 0. The minimum atomic E-state index is -0.309. The summed E-state index contributed by atoms with van der Waals surface area (Å²) < 4.78 is 5.07. The van der Waals surface area contributed by atoms with Crippen LogP contribution in [0.1, 0.15) is 40.5 Å². The lowest BCUT2D eigenvalue weighted by molar-refractivity contribution is -0.138. The van der Waals surface area contributed by atoms with Crippen LogP contribution in [-0.4, -0.2) is 42.1 Å². The molecule has 0 aliphatic rings. The maximum absolute atomic E-state index is 12.0. The number of allylic oxidation sites excluding steroid dienone is 2. The molecule has 20 heavy (non-hydrogen) atoms. The Labute approximate surface area is 128 Å². The van der Waals surface area contributed by atoms with E-state index in [0.29, 0.717) is 5.70 Å². The molecule has 0 amide bonds. The zero-order valence-corrected chi connectivity index (χ0v) is 14.8. The lowest BCUT2D eigenvalue weighted by atomic mass is 10.0. The van der Waals surface area contributed by atoms with Gasteiger partial charge in [0.1, 0.15) is 5.70 Å². The predicted molar refractivity (Wildman–Crippen MR) is 89.0 cm³/mol. The van der Waals surface area contributed by atoms with Gasteiger partial charge in [0, 0.05) is 17.8 Å². The maximum Gasteiger partial charge on any atom is 0.354 e. The van der Waals surface area contributed by atoms with Crippen LogP contribution in [0, 0.1) is 0 Å². The molecule has 0 aromatic heterocycles. The fraction of sp³-hybridized carbons (Fsp3) is 0.688. The van der Waals surface area contributed by atoms with Gasteiger partial charge < -0.3 is 9.64 Å². The second-order valence-electron chi connectivity index (χ2n) is 5.66. The van der Waals surface area contributed by atoms with E-state index in [9.17, 15) is 4.79 Å². The first-order valence-corrected chi connectivity index (χ1v) is 8.16. The zero-order chi connectivity index (χ0) is 15.9. The van der Waals surface area contributed by atoms with Crippen molar-refractivity contribution in [1.82, 2.24) is 4.90 Å². The third-order valence-electron chi connectivity index (χ3n) is 3.57. The first-order valence-electron chi connectivity index (χ1n) is 6.94. The van der Waals surface area contributed by atoms with Gasteiger partial charge in [0.15, 0.2) is 0 Å². The number of rotatable bonds is 8. The molecule has 1 unspecified atom stereocenters. The third-order valence-corrected chi connectivity index (χ3v) is 4.84. The van der Waals surface area contributed by atoms with Gasteiger partial charge in [-0.1, -0.05) is 32.9 Å². The van der Waals surface area contributed by atoms with E-state index in [1.165, 1.54) is 7.11 Å². The van der Waals surface area contributed by atoms with E-state index in [0.717, 1.165) is 18.4 Å². The van der Waals surface area contributed by atoms with E-state index < -0.39 is 0 Å². The number of methoxy groups -OCH3 is 1. The molecule has 0 rings (SSSR count). The van der Waals surface area contributed by atoms with Crippen molar-refractivity contribution in [2.45, 2.75) is 51.3 Å². The summed E-state index contributed by atoms with van der Waals surface area (Å²) in [6.07, 6.45) is 5.74. The Bertz CT molecular complexity index is 375. The van der Waals surface area contributed by atoms with Crippen molar-refractivity contribution < 1.29 is 9.53 Å². The molecule has 116 valence electrons. The second kappa shape index (κ2) is 8.40. The number of thioether (sulfide) groups is 1. The van der Waals surface area contributed by atoms with Crippen molar-refractivity contribution >= 4 is 17.7 Å². The van der Waals surface area contributed by atoms with Gasteiger partial charge in [-0.05, 0) is 32.1 Å². The summed E-state index contributed by atoms with van der Waals surface area (Å²) in [5.41, 5.74) is 1.50. The Morgan fingerprint density at radius 1 is 1.50 bits per heavy atom. The molecule has 0 aromatic rings. The van der Waals surface area contributed by atoms with E-state index in [1.807, 2.05) is 36.7 Å². The molecular weight excluding hydrogens is 270 g/mol. The number of hydrogen-bond donors (Lipinski definition) is 0. The Balaban J connectivity index is 5.14. The SMILES string of the molecule is C=C(/C=C(/C(=O)OC)N(C)C(C)CC(C)(C)SC)CC. The molecular formula is C16H29NO2S. The second-order valence-corrected chi connectivity index (χ2v) is 7.17. The Morgan fingerprint density at radius 3 is 2.45 bits per heavy atom. The molecule has 0 saturated heterocycles. The highest BCUT2D eigenvalue weighted by atomic mass is 32.2. The average molecular weight is 299 g/mol. The smallest absolute Gasteiger partial charge is 0.354 e. The number of likely N-dealkylation sites (N-methyl/N-ethyl adjacent to an activating group) is 1. The fourth-order valence-electron chi connectivity index (χ4n) is 1.87. The molecule has 0 radical (unpaired) electrons. The van der Waals surface area contributed by atoms with Gasteiger partial charge in [0.25, 0.3) is 0 Å². The molecule has 4 heteroatoms. The van der Waals surface area contributed by atoms with Crippen molar-refractivity contribution in [1.29, 1.82) is 0 Å². The molecule has 0 N–H and O–H groups in total. The van der Waals surface area contributed by atoms with Crippen LogP contribution in [-0.2, 0) is 9.53 Å². The van der Waals surface area contributed by atoms with E-state index in [1.54, 1.807) is 0 Å². The fourth-order valence-corrected chi connectivity index (χ4v) is 2.28. The minimum absolute atomic E-state index is 0.177. The minimum Gasteiger partial charge on any atom is -0.464 e. The monoisotopic (exact) mass is 299 g/mol. The normalized spacial score (nSPS) is 13.8. The summed E-state index contributed by atoms with van der Waals surface area (Å²) in [6, 6.07) is 0.243. The van der Waals surface area contributed by atoms with E-state index in [2.05, 4.69) is 33.6 Å². The Morgan fingerprint density at radius 2 is 2.05 bits per heavy atom. The molecule has 0 aromatic carbocycles. The Kier molecular flexibility index (Phi) is 8.02. The summed E-state index contributed by atoms with van der Waals surface area (Å²) >= 11 is 1.84. The van der Waals surface area contributed by atoms with Gasteiger partial charge in [-0.15, -0.1) is 0 Å². The molecule has 0 heterocycles. The van der Waals surface area contributed by atoms with Gasteiger partial charge in [0.2, 0.25) is 0 Å². The lowest BCUT2D eigenvalue weighted by Crippen LogP contribution is -2.36. The summed E-state index contributed by atoms with van der Waals surface area (Å²) in [5.74, 6) is -0.309. The summed E-state index contributed by atoms with van der Waals surface area (Å²) in [4.78, 5) is 14.0. The van der Waals surface area contributed by atoms with Crippen molar-refractivity contribution in [3.63, 3.8) is 0 Å². The molecule has 0 aliphatic carbocycles. The van der Waals surface area contributed by atoms with Crippen LogP contribution in [0.25, 0.3) is 0 Å². The number of esters is 1. The van der Waals surface area contributed by atoms with Crippen molar-refractivity contribution in [3.05, 3.63) is 23.9 Å². The molecule has 0 spiro atoms. The summed E-state index contributed by atoms with van der Waals surface area (Å²) in [6.45, 7) is 12.5. The van der Waals surface area contributed by atoms with Gasteiger partial charge in [-0.3, -0.25) is 0 Å². The molecule has 0 bridgehead atoms. The topological polar surface area (TPSA) is 29.5 Å². The van der Waals surface area contributed by atoms with Crippen LogP contribution in [0.3, 0.4) is 0 Å². The van der Waals surface area contributed by atoms with E-state index in [-0.39, 0.29) is 16.8 Å². The van der Waals surface area contributed by atoms with Crippen LogP contribution < -0.4 is 0 Å². The van der Waals surface area contributed by atoms with Crippen LogP contribution in [0.15, 0.2) is 23.9 Å². The standard InChI is InChI=1S/C16H29NO2S/c1-9-12(2)10-14(15(18)19-7)17(6)13(3)11-16(4,5)20-8/h10,13H,2,9,11H2,1,3-8H3/b14-10-. The van der Waals surface area contributed by atoms with Gasteiger partial charge in [-0.25, -0.2) is 4.79 Å². The number of ether oxygens (including phenoxy) is 1.